The molecule has 10 heteroatoms. The van der Waals surface area contributed by atoms with Gasteiger partial charge in [-0.2, -0.15) is 0 Å². The first-order valence-corrected chi connectivity index (χ1v) is 6.92. The summed E-state index contributed by atoms with van der Waals surface area (Å²) in [6.45, 7) is -0.429. The molecule has 1 N–H and O–H groups in total. The lowest BCUT2D eigenvalue weighted by molar-refractivity contribution is -0.389. The predicted octanol–water partition coefficient (Wildman–Crippen LogP) is 0.625. The number of hydrogen-bond acceptors (Lipinski definition) is 7. The molecule has 24 heavy (non-hydrogen) atoms. The lowest BCUT2D eigenvalue weighted by Crippen LogP contribution is -2.45. The minimum absolute atomic E-state index is 0.0476. The van der Waals surface area contributed by atoms with Crippen LogP contribution >= 0.6 is 0 Å². The van der Waals surface area contributed by atoms with Gasteiger partial charge >= 0.3 is 5.82 Å². The summed E-state index contributed by atoms with van der Waals surface area (Å²) in [5.41, 5.74) is 0. The molecule has 0 saturated heterocycles. The van der Waals surface area contributed by atoms with Crippen molar-refractivity contribution < 1.29 is 23.7 Å². The average Bonchev–Trinajstić information content (AvgIpc) is 3.08. The minimum atomic E-state index is -0.686. The van der Waals surface area contributed by atoms with Crippen LogP contribution in [0.25, 0.3) is 0 Å². The van der Waals surface area contributed by atoms with Crippen molar-refractivity contribution in [2.45, 2.75) is 6.54 Å². The van der Waals surface area contributed by atoms with Crippen LogP contribution in [0.2, 0.25) is 0 Å². The molecule has 0 atom stereocenters. The maximum atomic E-state index is 12.0. The molecule has 0 aromatic carbocycles. The van der Waals surface area contributed by atoms with Crippen LogP contribution in [0.1, 0.15) is 5.76 Å². The second-order valence-electron chi connectivity index (χ2n) is 4.87. The summed E-state index contributed by atoms with van der Waals surface area (Å²) in [6.07, 6.45) is 1.48. The largest absolute Gasteiger partial charge is 0.477 e. The van der Waals surface area contributed by atoms with Crippen molar-refractivity contribution in [1.29, 1.82) is 0 Å². The van der Waals surface area contributed by atoms with Crippen molar-refractivity contribution in [3.05, 3.63) is 46.4 Å². The molecule has 124 valence electrons. The highest BCUT2D eigenvalue weighted by atomic mass is 16.6. The topological polar surface area (TPSA) is 128 Å². The van der Waals surface area contributed by atoms with Crippen molar-refractivity contribution in [1.82, 2.24) is 10.3 Å². The van der Waals surface area contributed by atoms with Crippen molar-refractivity contribution in [3.8, 4) is 5.75 Å². The van der Waals surface area contributed by atoms with E-state index >= 15 is 0 Å². The highest BCUT2D eigenvalue weighted by molar-refractivity contribution is 6.01. The van der Waals surface area contributed by atoms with Crippen LogP contribution in [0, 0.1) is 10.1 Å². The van der Waals surface area contributed by atoms with Gasteiger partial charge in [-0.1, -0.05) is 0 Å². The highest BCUT2D eigenvalue weighted by Crippen LogP contribution is 2.31. The summed E-state index contributed by atoms with van der Waals surface area (Å²) in [5.74, 6) is -0.684. The summed E-state index contributed by atoms with van der Waals surface area (Å²) >= 11 is 0. The maximum Gasteiger partial charge on any atom is 0.366 e. The molecule has 0 saturated carbocycles. The van der Waals surface area contributed by atoms with Crippen LogP contribution in [0.3, 0.4) is 0 Å². The monoisotopic (exact) mass is 332 g/mol. The number of amides is 2. The number of rotatable bonds is 5. The number of anilines is 1. The zero-order valence-corrected chi connectivity index (χ0v) is 12.3. The van der Waals surface area contributed by atoms with Gasteiger partial charge in [0.25, 0.3) is 11.7 Å². The van der Waals surface area contributed by atoms with Crippen LogP contribution in [-0.4, -0.2) is 34.9 Å². The fourth-order valence-corrected chi connectivity index (χ4v) is 2.13. The number of carbonyl (C=O) groups excluding carboxylic acids is 2. The first kappa shape index (κ1) is 15.5. The molecule has 0 aliphatic carbocycles. The van der Waals surface area contributed by atoms with E-state index in [1.54, 1.807) is 12.1 Å². The smallest absolute Gasteiger partial charge is 0.366 e. The summed E-state index contributed by atoms with van der Waals surface area (Å²) in [7, 11) is 0. The van der Waals surface area contributed by atoms with Gasteiger partial charge in [-0.05, 0) is 28.1 Å². The van der Waals surface area contributed by atoms with Crippen molar-refractivity contribution >= 4 is 23.5 Å². The van der Waals surface area contributed by atoms with Crippen LogP contribution in [0.15, 0.2) is 34.9 Å². The third-order valence-electron chi connectivity index (χ3n) is 3.26. The second kappa shape index (κ2) is 6.36. The Kier molecular flexibility index (Phi) is 4.10. The number of hydrogen-bond donors (Lipinski definition) is 1. The van der Waals surface area contributed by atoms with Crippen LogP contribution in [0.5, 0.6) is 5.75 Å². The van der Waals surface area contributed by atoms with Crippen molar-refractivity contribution in [3.63, 3.8) is 0 Å². The molecule has 3 heterocycles. The summed E-state index contributed by atoms with van der Waals surface area (Å²) in [5, 5.41) is 13.4. The number of aromatic nitrogens is 1. The van der Waals surface area contributed by atoms with Gasteiger partial charge in [0.2, 0.25) is 5.91 Å². The molecular weight excluding hydrogens is 320 g/mol. The molecule has 0 spiro atoms. The molecule has 10 nitrogen and oxygen atoms in total. The van der Waals surface area contributed by atoms with Crippen LogP contribution in [0.4, 0.5) is 11.6 Å². The van der Waals surface area contributed by atoms with Crippen molar-refractivity contribution in [2.24, 2.45) is 0 Å². The van der Waals surface area contributed by atoms with E-state index < -0.39 is 22.6 Å². The molecule has 2 aromatic heterocycles. The minimum Gasteiger partial charge on any atom is -0.477 e. The van der Waals surface area contributed by atoms with Gasteiger partial charge in [0.1, 0.15) is 12.3 Å². The van der Waals surface area contributed by atoms with E-state index in [0.717, 1.165) is 4.90 Å². The maximum absolute atomic E-state index is 12.0. The lowest BCUT2D eigenvalue weighted by Gasteiger charge is -2.24. The Balaban J connectivity index is 1.75. The van der Waals surface area contributed by atoms with E-state index in [1.807, 2.05) is 0 Å². The quantitative estimate of drug-likeness (QED) is 0.628. The van der Waals surface area contributed by atoms with Crippen molar-refractivity contribution in [2.75, 3.05) is 18.1 Å². The summed E-state index contributed by atoms with van der Waals surface area (Å²) < 4.78 is 10.3. The summed E-state index contributed by atoms with van der Waals surface area (Å²) in [6, 6.07) is 5.90. The van der Waals surface area contributed by atoms with Gasteiger partial charge in [0.05, 0.1) is 12.8 Å². The number of pyridine rings is 1. The molecular formula is C14H12N4O6. The number of fused-ring (bicyclic) bond motifs is 1. The fraction of sp³-hybridized carbons (Fsp3) is 0.214. The average molecular weight is 332 g/mol. The number of nitrogens with zero attached hydrogens (tertiary/aromatic N) is 3. The van der Waals surface area contributed by atoms with Gasteiger partial charge in [0.15, 0.2) is 12.4 Å². The predicted molar refractivity (Wildman–Crippen MR) is 79.3 cm³/mol. The van der Waals surface area contributed by atoms with Gasteiger partial charge in [0, 0.05) is 6.07 Å². The van der Waals surface area contributed by atoms with Gasteiger partial charge in [-0.25, -0.2) is 0 Å². The Bertz CT molecular complexity index is 789. The first-order valence-electron chi connectivity index (χ1n) is 6.92. The van der Waals surface area contributed by atoms with E-state index in [2.05, 4.69) is 10.3 Å². The standard InChI is InChI=1S/C14H12N4O6/c19-12(15-6-9-2-1-5-23-9)7-17-13(20)8-24-10-3-4-11(18(21)22)16-14(10)17/h1-5H,6-8H2,(H,15,19). The van der Waals surface area contributed by atoms with E-state index in [9.17, 15) is 19.7 Å². The molecule has 1 aliphatic heterocycles. The number of carbonyl (C=O) groups is 2. The Morgan fingerprint density at radius 1 is 1.42 bits per heavy atom. The van der Waals surface area contributed by atoms with E-state index in [-0.39, 0.29) is 31.3 Å². The Morgan fingerprint density at radius 3 is 2.96 bits per heavy atom. The zero-order chi connectivity index (χ0) is 17.1. The third kappa shape index (κ3) is 3.16. The highest BCUT2D eigenvalue weighted by Gasteiger charge is 2.33. The normalized spacial score (nSPS) is 13.2. The third-order valence-corrected chi connectivity index (χ3v) is 3.26. The van der Waals surface area contributed by atoms with Crippen LogP contribution < -0.4 is 15.0 Å². The van der Waals surface area contributed by atoms with Gasteiger partial charge < -0.3 is 24.6 Å². The Hall–Kier alpha value is -3.43. The molecule has 3 rings (SSSR count). The van der Waals surface area contributed by atoms with E-state index in [1.165, 1.54) is 18.4 Å². The molecule has 0 fully saturated rings. The summed E-state index contributed by atoms with van der Waals surface area (Å²) in [4.78, 5) is 39.0. The fourth-order valence-electron chi connectivity index (χ4n) is 2.13. The Labute approximate surface area is 135 Å². The van der Waals surface area contributed by atoms with Crippen LogP contribution in [-0.2, 0) is 16.1 Å². The zero-order valence-electron chi connectivity index (χ0n) is 12.3. The molecule has 0 radical (unpaired) electrons. The molecule has 2 amide bonds. The molecule has 0 bridgehead atoms. The second-order valence-corrected chi connectivity index (χ2v) is 4.87. The number of ether oxygens (including phenoxy) is 1. The molecule has 0 unspecified atom stereocenters. The number of nitrogens with one attached hydrogen (secondary N) is 1. The SMILES string of the molecule is O=C(CN1C(=O)COc2ccc([N+](=O)[O-])nc21)NCc1ccco1. The Morgan fingerprint density at radius 2 is 2.25 bits per heavy atom. The molecule has 2 aromatic rings. The number of furan rings is 1. The van der Waals surface area contributed by atoms with E-state index in [4.69, 9.17) is 9.15 Å². The van der Waals surface area contributed by atoms with E-state index in [0.29, 0.717) is 5.76 Å². The molecule has 1 aliphatic rings. The lowest BCUT2D eigenvalue weighted by atomic mass is 10.3. The number of nitro groups is 1. The van der Waals surface area contributed by atoms with Gasteiger partial charge in [-0.3, -0.25) is 14.5 Å². The first-order chi connectivity index (χ1) is 11.5. The van der Waals surface area contributed by atoms with Gasteiger partial charge in [-0.15, -0.1) is 0 Å².